The summed E-state index contributed by atoms with van der Waals surface area (Å²) in [7, 11) is 0. The van der Waals surface area contributed by atoms with E-state index < -0.39 is 0 Å². The highest BCUT2D eigenvalue weighted by Gasteiger charge is 2.10. The van der Waals surface area contributed by atoms with Gasteiger partial charge in [0.05, 0.1) is 31.7 Å². The summed E-state index contributed by atoms with van der Waals surface area (Å²) in [6, 6.07) is 16.4. The van der Waals surface area contributed by atoms with Gasteiger partial charge in [-0.15, -0.1) is 0 Å². The maximum absolute atomic E-state index is 6.22. The topological polar surface area (TPSA) is 47.2 Å². The fourth-order valence-electron chi connectivity index (χ4n) is 3.53. The summed E-state index contributed by atoms with van der Waals surface area (Å²) >= 11 is 0. The second kappa shape index (κ2) is 9.25. The molecule has 1 aromatic heterocycles. The van der Waals surface area contributed by atoms with E-state index in [1.807, 2.05) is 31.2 Å². The largest absolute Gasteiger partial charge is 0.494 e. The van der Waals surface area contributed by atoms with Crippen molar-refractivity contribution in [3.05, 3.63) is 59.5 Å². The molecule has 1 saturated heterocycles. The van der Waals surface area contributed by atoms with Gasteiger partial charge in [0.15, 0.2) is 0 Å². The molecule has 29 heavy (non-hydrogen) atoms. The lowest BCUT2D eigenvalue weighted by molar-refractivity contribution is 0.0394. The van der Waals surface area contributed by atoms with Crippen LogP contribution in [0.3, 0.4) is 0 Å². The van der Waals surface area contributed by atoms with Crippen molar-refractivity contribution >= 4 is 11.0 Å². The van der Waals surface area contributed by atoms with E-state index in [-0.39, 0.29) is 0 Å². The molecule has 0 unspecified atom stereocenters. The van der Waals surface area contributed by atoms with Crippen molar-refractivity contribution in [1.82, 2.24) is 4.90 Å². The number of benzene rings is 2. The van der Waals surface area contributed by atoms with Crippen LogP contribution in [-0.4, -0.2) is 50.9 Å². The minimum atomic E-state index is 0.633. The number of morpholine rings is 1. The van der Waals surface area contributed by atoms with Crippen molar-refractivity contribution in [1.29, 1.82) is 0 Å². The smallest absolute Gasteiger partial charge is 0.137 e. The molecule has 0 amide bonds. The number of rotatable bonds is 6. The van der Waals surface area contributed by atoms with E-state index in [4.69, 9.17) is 18.9 Å². The lowest BCUT2D eigenvalue weighted by Crippen LogP contribution is -2.37. The quantitative estimate of drug-likeness (QED) is 0.635. The summed E-state index contributed by atoms with van der Waals surface area (Å²) < 4.78 is 17.3. The van der Waals surface area contributed by atoms with Crippen LogP contribution in [0, 0.1) is 6.92 Å². The molecule has 0 bridgehead atoms. The maximum atomic E-state index is 6.22. The zero-order valence-electron chi connectivity index (χ0n) is 17.2. The number of hydrogen-bond acceptors (Lipinski definition) is 5. The summed E-state index contributed by atoms with van der Waals surface area (Å²) in [5.74, 6) is 1.66. The first-order chi connectivity index (χ1) is 14.2. The van der Waals surface area contributed by atoms with E-state index in [0.29, 0.717) is 6.61 Å². The van der Waals surface area contributed by atoms with E-state index in [1.165, 1.54) is 5.56 Å². The molecule has 1 aliphatic heterocycles. The molecule has 0 atom stereocenters. The molecule has 0 saturated carbocycles. The Bertz CT molecular complexity index is 1020. The van der Waals surface area contributed by atoms with E-state index in [9.17, 15) is 0 Å². The molecule has 5 nitrogen and oxygen atoms in total. The fourth-order valence-corrected chi connectivity index (χ4v) is 3.53. The van der Waals surface area contributed by atoms with Gasteiger partial charge in [-0.05, 0) is 32.0 Å². The van der Waals surface area contributed by atoms with Crippen molar-refractivity contribution in [3.8, 4) is 17.1 Å². The summed E-state index contributed by atoms with van der Waals surface area (Å²) in [5, 5.41) is 1.92. The maximum Gasteiger partial charge on any atom is 0.137 e. The number of nitrogens with zero attached hydrogens (tertiary/aromatic N) is 2. The lowest BCUT2D eigenvalue weighted by atomic mass is 10.1. The van der Waals surface area contributed by atoms with Gasteiger partial charge >= 0.3 is 0 Å². The Balaban J connectivity index is 1.71. The molecule has 0 N–H and O–H groups in total. The van der Waals surface area contributed by atoms with Gasteiger partial charge in [-0.3, -0.25) is 9.89 Å². The molecule has 3 aromatic rings. The molecule has 2 aromatic carbocycles. The number of aryl methyl sites for hydroxylation is 1. The molecule has 0 spiro atoms. The van der Waals surface area contributed by atoms with Crippen LogP contribution >= 0.6 is 0 Å². The first kappa shape index (κ1) is 19.7. The Labute approximate surface area is 171 Å². The Morgan fingerprint density at radius 3 is 2.59 bits per heavy atom. The van der Waals surface area contributed by atoms with Crippen molar-refractivity contribution in [2.75, 3.05) is 46.0 Å². The third-order valence-corrected chi connectivity index (χ3v) is 5.16. The molecule has 5 heteroatoms. The van der Waals surface area contributed by atoms with Gasteiger partial charge in [-0.2, -0.15) is 0 Å². The zero-order chi connectivity index (χ0) is 20.1. The Hall–Kier alpha value is -2.63. The Kier molecular flexibility index (Phi) is 6.27. The van der Waals surface area contributed by atoms with E-state index in [0.717, 1.165) is 72.8 Å². The normalized spacial score (nSPS) is 15.7. The molecule has 0 aliphatic carbocycles. The average Bonchev–Trinajstić information content (AvgIpc) is 2.75. The molecule has 1 fully saturated rings. The lowest BCUT2D eigenvalue weighted by Gasteiger charge is -2.25. The average molecular weight is 392 g/mol. The third kappa shape index (κ3) is 4.86. The fraction of sp³-hybridized carbons (Fsp3) is 0.375. The van der Waals surface area contributed by atoms with Gasteiger partial charge < -0.3 is 13.9 Å². The molecular weight excluding hydrogens is 364 g/mol. The highest BCUT2D eigenvalue weighted by Crippen LogP contribution is 2.25. The van der Waals surface area contributed by atoms with Gasteiger partial charge in [0, 0.05) is 36.7 Å². The second-order valence-corrected chi connectivity index (χ2v) is 7.29. The van der Waals surface area contributed by atoms with Crippen molar-refractivity contribution in [2.24, 2.45) is 4.99 Å². The van der Waals surface area contributed by atoms with Crippen LogP contribution in [0.2, 0.25) is 0 Å². The SMILES string of the molecule is CCOc1ccc2oc(-c3ccc(C)cc3)cc(=NCCN3CCOCC3)c2c1. The van der Waals surface area contributed by atoms with Crippen LogP contribution in [0.5, 0.6) is 5.75 Å². The molecule has 152 valence electrons. The van der Waals surface area contributed by atoms with Crippen molar-refractivity contribution in [2.45, 2.75) is 13.8 Å². The van der Waals surface area contributed by atoms with Gasteiger partial charge in [0.25, 0.3) is 0 Å². The Morgan fingerprint density at radius 2 is 1.83 bits per heavy atom. The van der Waals surface area contributed by atoms with Crippen molar-refractivity contribution < 1.29 is 13.9 Å². The highest BCUT2D eigenvalue weighted by atomic mass is 16.5. The summed E-state index contributed by atoms with van der Waals surface area (Å²) in [6.07, 6.45) is 0. The van der Waals surface area contributed by atoms with Gasteiger partial charge in [0.1, 0.15) is 17.1 Å². The summed E-state index contributed by atoms with van der Waals surface area (Å²) in [5.41, 5.74) is 3.10. The van der Waals surface area contributed by atoms with E-state index in [2.05, 4.69) is 36.1 Å². The predicted octanol–water partition coefficient (Wildman–Crippen LogP) is 4.04. The number of ether oxygens (including phenoxy) is 2. The van der Waals surface area contributed by atoms with Gasteiger partial charge in [-0.25, -0.2) is 0 Å². The second-order valence-electron chi connectivity index (χ2n) is 7.29. The zero-order valence-corrected chi connectivity index (χ0v) is 17.2. The standard InChI is InChI=1S/C24H28N2O3/c1-3-28-20-8-9-23-21(16-20)22(25-10-11-26-12-14-27-15-13-26)17-24(29-23)19-6-4-18(2)5-7-19/h4-9,16-17H,3,10-15H2,1-2H3. The van der Waals surface area contributed by atoms with E-state index in [1.54, 1.807) is 0 Å². The molecule has 0 radical (unpaired) electrons. The van der Waals surface area contributed by atoms with Gasteiger partial charge in [-0.1, -0.05) is 29.8 Å². The van der Waals surface area contributed by atoms with Crippen molar-refractivity contribution in [3.63, 3.8) is 0 Å². The Morgan fingerprint density at radius 1 is 1.03 bits per heavy atom. The summed E-state index contributed by atoms with van der Waals surface area (Å²) in [4.78, 5) is 7.33. The minimum Gasteiger partial charge on any atom is -0.494 e. The van der Waals surface area contributed by atoms with Crippen LogP contribution in [0.25, 0.3) is 22.3 Å². The number of fused-ring (bicyclic) bond motifs is 1. The third-order valence-electron chi connectivity index (χ3n) is 5.16. The van der Waals surface area contributed by atoms with E-state index >= 15 is 0 Å². The molecular formula is C24H28N2O3. The monoisotopic (exact) mass is 392 g/mol. The first-order valence-corrected chi connectivity index (χ1v) is 10.3. The van der Waals surface area contributed by atoms with Crippen LogP contribution in [0.15, 0.2) is 57.9 Å². The molecule has 2 heterocycles. The van der Waals surface area contributed by atoms with Crippen LogP contribution in [0.4, 0.5) is 0 Å². The van der Waals surface area contributed by atoms with Gasteiger partial charge in [0.2, 0.25) is 0 Å². The molecule has 4 rings (SSSR count). The van der Waals surface area contributed by atoms with Crippen LogP contribution < -0.4 is 10.1 Å². The highest BCUT2D eigenvalue weighted by molar-refractivity contribution is 5.80. The van der Waals surface area contributed by atoms with Crippen LogP contribution in [0.1, 0.15) is 12.5 Å². The first-order valence-electron chi connectivity index (χ1n) is 10.3. The number of hydrogen-bond donors (Lipinski definition) is 0. The predicted molar refractivity (Wildman–Crippen MR) is 115 cm³/mol. The minimum absolute atomic E-state index is 0.633. The summed E-state index contributed by atoms with van der Waals surface area (Å²) in [6.45, 7) is 9.95. The van der Waals surface area contributed by atoms with Crippen LogP contribution in [-0.2, 0) is 4.74 Å². The molecule has 1 aliphatic rings.